The number of anilines is 2. The SMILES string of the molecule is Cc1ccc(C)c(NC(=O)CCNc2ccc(Br)cc2C)c1. The van der Waals surface area contributed by atoms with Crippen LogP contribution in [0.2, 0.25) is 0 Å². The molecular formula is C18H21BrN2O. The first-order chi connectivity index (χ1) is 10.5. The Hall–Kier alpha value is -1.81. The molecular weight excluding hydrogens is 340 g/mol. The number of amides is 1. The van der Waals surface area contributed by atoms with Crippen LogP contribution in [-0.2, 0) is 4.79 Å². The summed E-state index contributed by atoms with van der Waals surface area (Å²) < 4.78 is 1.06. The molecule has 0 aliphatic heterocycles. The Morgan fingerprint density at radius 2 is 1.77 bits per heavy atom. The Bertz CT molecular complexity index is 683. The standard InChI is InChI=1S/C18H21BrN2O/c1-12-4-5-13(2)17(10-12)21-18(22)8-9-20-16-7-6-15(19)11-14(16)3/h4-7,10-11,20H,8-9H2,1-3H3,(H,21,22). The van der Waals surface area contributed by atoms with Crippen LogP contribution in [0.15, 0.2) is 40.9 Å². The van der Waals surface area contributed by atoms with Gasteiger partial charge in [-0.1, -0.05) is 28.1 Å². The minimum absolute atomic E-state index is 0.0240. The lowest BCUT2D eigenvalue weighted by atomic mass is 10.1. The summed E-state index contributed by atoms with van der Waals surface area (Å²) in [6.07, 6.45) is 0.433. The molecule has 0 aromatic heterocycles. The fourth-order valence-corrected chi connectivity index (χ4v) is 2.69. The predicted molar refractivity (Wildman–Crippen MR) is 96.5 cm³/mol. The van der Waals surface area contributed by atoms with E-state index < -0.39 is 0 Å². The van der Waals surface area contributed by atoms with Crippen molar-refractivity contribution in [2.45, 2.75) is 27.2 Å². The Balaban J connectivity index is 1.86. The molecule has 0 fully saturated rings. The van der Waals surface area contributed by atoms with Crippen LogP contribution in [0.3, 0.4) is 0 Å². The van der Waals surface area contributed by atoms with Gasteiger partial charge in [-0.25, -0.2) is 0 Å². The highest BCUT2D eigenvalue weighted by Gasteiger charge is 2.05. The van der Waals surface area contributed by atoms with Crippen molar-refractivity contribution in [3.8, 4) is 0 Å². The highest BCUT2D eigenvalue weighted by atomic mass is 79.9. The highest BCUT2D eigenvalue weighted by molar-refractivity contribution is 9.10. The van der Waals surface area contributed by atoms with Gasteiger partial charge in [-0.2, -0.15) is 0 Å². The molecule has 0 radical (unpaired) electrons. The topological polar surface area (TPSA) is 41.1 Å². The van der Waals surface area contributed by atoms with Crippen LogP contribution in [0.5, 0.6) is 0 Å². The van der Waals surface area contributed by atoms with E-state index in [1.165, 1.54) is 0 Å². The molecule has 4 heteroatoms. The third-order valence-electron chi connectivity index (χ3n) is 3.52. The average molecular weight is 361 g/mol. The number of benzene rings is 2. The van der Waals surface area contributed by atoms with Crippen molar-refractivity contribution in [3.05, 3.63) is 57.6 Å². The van der Waals surface area contributed by atoms with Crippen molar-refractivity contribution in [2.24, 2.45) is 0 Å². The smallest absolute Gasteiger partial charge is 0.226 e. The number of carbonyl (C=O) groups is 1. The summed E-state index contributed by atoms with van der Waals surface area (Å²) in [6, 6.07) is 12.1. The van der Waals surface area contributed by atoms with E-state index in [-0.39, 0.29) is 5.91 Å². The van der Waals surface area contributed by atoms with Crippen molar-refractivity contribution in [1.82, 2.24) is 0 Å². The molecule has 0 saturated carbocycles. The molecule has 2 rings (SSSR count). The second-order valence-corrected chi connectivity index (χ2v) is 6.42. The second-order valence-electron chi connectivity index (χ2n) is 5.50. The van der Waals surface area contributed by atoms with Gasteiger partial charge in [-0.15, -0.1) is 0 Å². The summed E-state index contributed by atoms with van der Waals surface area (Å²) in [5.41, 5.74) is 5.33. The Morgan fingerprint density at radius 1 is 1.00 bits per heavy atom. The van der Waals surface area contributed by atoms with Gasteiger partial charge in [0.15, 0.2) is 0 Å². The quantitative estimate of drug-likeness (QED) is 0.802. The molecule has 2 N–H and O–H groups in total. The van der Waals surface area contributed by atoms with Gasteiger partial charge in [-0.3, -0.25) is 4.79 Å². The van der Waals surface area contributed by atoms with Gasteiger partial charge in [0.25, 0.3) is 0 Å². The molecule has 3 nitrogen and oxygen atoms in total. The largest absolute Gasteiger partial charge is 0.384 e. The van der Waals surface area contributed by atoms with Gasteiger partial charge in [0, 0.05) is 28.8 Å². The zero-order valence-corrected chi connectivity index (χ0v) is 14.8. The van der Waals surface area contributed by atoms with E-state index >= 15 is 0 Å². The number of rotatable bonds is 5. The minimum atomic E-state index is 0.0240. The van der Waals surface area contributed by atoms with E-state index in [4.69, 9.17) is 0 Å². The molecule has 2 aromatic carbocycles. The summed E-state index contributed by atoms with van der Waals surface area (Å²) in [4.78, 5) is 12.0. The maximum Gasteiger partial charge on any atom is 0.226 e. The molecule has 0 heterocycles. The van der Waals surface area contributed by atoms with Crippen LogP contribution in [-0.4, -0.2) is 12.5 Å². The first-order valence-corrected chi connectivity index (χ1v) is 8.12. The Kier molecular flexibility index (Phi) is 5.61. The highest BCUT2D eigenvalue weighted by Crippen LogP contribution is 2.20. The predicted octanol–water partition coefficient (Wildman–Crippen LogP) is 4.82. The minimum Gasteiger partial charge on any atom is -0.384 e. The van der Waals surface area contributed by atoms with Crippen LogP contribution in [0, 0.1) is 20.8 Å². The number of aryl methyl sites for hydroxylation is 3. The van der Waals surface area contributed by atoms with Crippen molar-refractivity contribution >= 4 is 33.2 Å². The number of hydrogen-bond donors (Lipinski definition) is 2. The van der Waals surface area contributed by atoms with Gasteiger partial charge >= 0.3 is 0 Å². The molecule has 2 aromatic rings. The zero-order chi connectivity index (χ0) is 16.1. The molecule has 0 saturated heterocycles. The molecule has 22 heavy (non-hydrogen) atoms. The number of halogens is 1. The molecule has 0 aliphatic carbocycles. The van der Waals surface area contributed by atoms with E-state index in [0.717, 1.165) is 32.5 Å². The second kappa shape index (κ2) is 7.45. The van der Waals surface area contributed by atoms with E-state index in [2.05, 4.69) is 32.6 Å². The molecule has 0 aliphatic rings. The fraction of sp³-hybridized carbons (Fsp3) is 0.278. The lowest BCUT2D eigenvalue weighted by Crippen LogP contribution is -2.17. The number of carbonyl (C=O) groups excluding carboxylic acids is 1. The van der Waals surface area contributed by atoms with Gasteiger partial charge in [0.05, 0.1) is 0 Å². The van der Waals surface area contributed by atoms with E-state index in [1.807, 2.05) is 51.1 Å². The average Bonchev–Trinajstić information content (AvgIpc) is 2.45. The summed E-state index contributed by atoms with van der Waals surface area (Å²) >= 11 is 3.45. The third kappa shape index (κ3) is 4.60. The zero-order valence-electron chi connectivity index (χ0n) is 13.2. The van der Waals surface area contributed by atoms with E-state index in [1.54, 1.807) is 0 Å². The molecule has 116 valence electrons. The summed E-state index contributed by atoms with van der Waals surface area (Å²) in [5.74, 6) is 0.0240. The van der Waals surface area contributed by atoms with Crippen molar-refractivity contribution in [1.29, 1.82) is 0 Å². The lowest BCUT2D eigenvalue weighted by Gasteiger charge is -2.11. The summed E-state index contributed by atoms with van der Waals surface area (Å²) in [5, 5.41) is 6.28. The van der Waals surface area contributed by atoms with Crippen molar-refractivity contribution < 1.29 is 4.79 Å². The van der Waals surface area contributed by atoms with Crippen molar-refractivity contribution in [3.63, 3.8) is 0 Å². The van der Waals surface area contributed by atoms with Gasteiger partial charge < -0.3 is 10.6 Å². The van der Waals surface area contributed by atoms with E-state index in [0.29, 0.717) is 13.0 Å². The monoisotopic (exact) mass is 360 g/mol. The number of hydrogen-bond acceptors (Lipinski definition) is 2. The maximum atomic E-state index is 12.0. The van der Waals surface area contributed by atoms with Crippen LogP contribution in [0.1, 0.15) is 23.1 Å². The summed E-state index contributed by atoms with van der Waals surface area (Å²) in [7, 11) is 0. The molecule has 0 bridgehead atoms. The van der Waals surface area contributed by atoms with Gasteiger partial charge in [0.2, 0.25) is 5.91 Å². The molecule has 0 spiro atoms. The lowest BCUT2D eigenvalue weighted by molar-refractivity contribution is -0.115. The van der Waals surface area contributed by atoms with Gasteiger partial charge in [0.1, 0.15) is 0 Å². The van der Waals surface area contributed by atoms with E-state index in [9.17, 15) is 4.79 Å². The fourth-order valence-electron chi connectivity index (χ4n) is 2.22. The molecule has 0 unspecified atom stereocenters. The molecule has 0 atom stereocenters. The van der Waals surface area contributed by atoms with Crippen LogP contribution in [0.25, 0.3) is 0 Å². The molecule has 1 amide bonds. The van der Waals surface area contributed by atoms with Crippen molar-refractivity contribution in [2.75, 3.05) is 17.2 Å². The Morgan fingerprint density at radius 3 is 2.50 bits per heavy atom. The third-order valence-corrected chi connectivity index (χ3v) is 4.02. The Labute approximate surface area is 140 Å². The summed E-state index contributed by atoms with van der Waals surface area (Å²) in [6.45, 7) is 6.67. The van der Waals surface area contributed by atoms with Gasteiger partial charge in [-0.05, 0) is 61.7 Å². The van der Waals surface area contributed by atoms with Crippen LogP contribution >= 0.6 is 15.9 Å². The van der Waals surface area contributed by atoms with Crippen LogP contribution in [0.4, 0.5) is 11.4 Å². The normalized spacial score (nSPS) is 10.4. The first-order valence-electron chi connectivity index (χ1n) is 7.33. The maximum absolute atomic E-state index is 12.0. The number of nitrogens with one attached hydrogen (secondary N) is 2. The first kappa shape index (κ1) is 16.6. The van der Waals surface area contributed by atoms with Crippen LogP contribution < -0.4 is 10.6 Å².